The second-order valence-corrected chi connectivity index (χ2v) is 6.16. The van der Waals surface area contributed by atoms with Crippen LogP contribution in [0.2, 0.25) is 0 Å². The Morgan fingerprint density at radius 3 is 2.53 bits per heavy atom. The van der Waals surface area contributed by atoms with Gasteiger partial charge in [-0.25, -0.2) is 0 Å². The van der Waals surface area contributed by atoms with Crippen LogP contribution in [-0.4, -0.2) is 29.4 Å². The lowest BCUT2D eigenvalue weighted by atomic mass is 10.1. The van der Waals surface area contributed by atoms with Crippen molar-refractivity contribution in [1.29, 1.82) is 0 Å². The first-order valence-corrected chi connectivity index (χ1v) is 7.82. The number of nitrogens with two attached hydrogens (primary N) is 1. The topological polar surface area (TPSA) is 72.2 Å². The van der Waals surface area contributed by atoms with Crippen LogP contribution in [-0.2, 0) is 16.0 Å². The van der Waals surface area contributed by atoms with Gasteiger partial charge in [-0.3, -0.25) is 9.59 Å². The van der Waals surface area contributed by atoms with Crippen molar-refractivity contribution < 1.29 is 9.59 Å². The van der Waals surface area contributed by atoms with Gasteiger partial charge >= 0.3 is 0 Å². The first kappa shape index (κ1) is 16.0. The Morgan fingerprint density at radius 1 is 1.32 bits per heavy atom. The Hall–Kier alpha value is -1.01. The van der Waals surface area contributed by atoms with Crippen LogP contribution < -0.4 is 11.1 Å². The molecule has 1 aromatic carbocycles. The smallest absolute Gasteiger partial charge is 0.230 e. The second-order valence-electron chi connectivity index (χ2n) is 4.26. The average molecular weight is 345 g/mol. The number of halogens is 1. The van der Waals surface area contributed by atoms with Crippen LogP contribution in [0.5, 0.6) is 0 Å². The fourth-order valence-electron chi connectivity index (χ4n) is 1.59. The summed E-state index contributed by atoms with van der Waals surface area (Å²) >= 11 is 4.61. The molecule has 4 nitrogen and oxygen atoms in total. The van der Waals surface area contributed by atoms with Gasteiger partial charge in [0.1, 0.15) is 0 Å². The maximum atomic E-state index is 11.6. The van der Waals surface area contributed by atoms with Crippen molar-refractivity contribution in [2.24, 2.45) is 5.73 Å². The zero-order valence-electron chi connectivity index (χ0n) is 10.7. The van der Waals surface area contributed by atoms with E-state index in [9.17, 15) is 9.59 Å². The number of carbonyl (C=O) groups is 2. The second kappa shape index (κ2) is 8.22. The Kier molecular flexibility index (Phi) is 6.94. The largest absolute Gasteiger partial charge is 0.369 e. The highest BCUT2D eigenvalue weighted by atomic mass is 79.9. The monoisotopic (exact) mass is 344 g/mol. The minimum Gasteiger partial charge on any atom is -0.369 e. The predicted molar refractivity (Wildman–Crippen MR) is 82.0 cm³/mol. The van der Waals surface area contributed by atoms with E-state index in [4.69, 9.17) is 5.73 Å². The van der Waals surface area contributed by atoms with Gasteiger partial charge in [0.2, 0.25) is 11.8 Å². The Labute approximate surface area is 125 Å². The van der Waals surface area contributed by atoms with Crippen molar-refractivity contribution in [3.8, 4) is 0 Å². The quantitative estimate of drug-likeness (QED) is 0.790. The molecular formula is C13H17BrN2O2S. The molecule has 0 aliphatic rings. The zero-order chi connectivity index (χ0) is 14.3. The summed E-state index contributed by atoms with van der Waals surface area (Å²) in [7, 11) is 0. The summed E-state index contributed by atoms with van der Waals surface area (Å²) in [5, 5.41) is 2.89. The van der Waals surface area contributed by atoms with Gasteiger partial charge in [-0.2, -0.15) is 0 Å². The number of nitrogens with one attached hydrogen (secondary N) is 1. The normalized spacial score (nSPS) is 11.9. The van der Waals surface area contributed by atoms with Crippen molar-refractivity contribution in [2.45, 2.75) is 19.4 Å². The zero-order valence-corrected chi connectivity index (χ0v) is 13.1. The third-order valence-corrected chi connectivity index (χ3v) is 3.82. The Morgan fingerprint density at radius 2 is 1.95 bits per heavy atom. The van der Waals surface area contributed by atoms with E-state index in [-0.39, 0.29) is 23.5 Å². The third-order valence-electron chi connectivity index (χ3n) is 2.34. The Bertz CT molecular complexity index is 437. The van der Waals surface area contributed by atoms with Crippen LogP contribution in [0.3, 0.4) is 0 Å². The molecule has 3 N–H and O–H groups in total. The summed E-state index contributed by atoms with van der Waals surface area (Å²) in [6.45, 7) is 1.96. The van der Waals surface area contributed by atoms with E-state index in [0.29, 0.717) is 0 Å². The number of rotatable bonds is 7. The standard InChI is InChI=1S/C13H17BrN2O2S/c1-9(6-10-2-4-11(14)5-3-10)16-13(18)8-19-7-12(15)17/h2-5,9H,6-8H2,1H3,(H2,15,17)(H,16,18). The van der Waals surface area contributed by atoms with E-state index >= 15 is 0 Å². The lowest BCUT2D eigenvalue weighted by Crippen LogP contribution is -2.35. The van der Waals surface area contributed by atoms with E-state index in [1.54, 1.807) is 0 Å². The van der Waals surface area contributed by atoms with Crippen molar-refractivity contribution in [2.75, 3.05) is 11.5 Å². The highest BCUT2D eigenvalue weighted by Crippen LogP contribution is 2.12. The van der Waals surface area contributed by atoms with E-state index in [1.165, 1.54) is 17.3 Å². The lowest BCUT2D eigenvalue weighted by Gasteiger charge is -2.13. The number of thioether (sulfide) groups is 1. The van der Waals surface area contributed by atoms with Crippen molar-refractivity contribution >= 4 is 39.5 Å². The van der Waals surface area contributed by atoms with Crippen LogP contribution in [0.4, 0.5) is 0 Å². The van der Waals surface area contributed by atoms with Gasteiger partial charge in [0, 0.05) is 10.5 Å². The molecule has 0 bridgehead atoms. The summed E-state index contributed by atoms with van der Waals surface area (Å²) < 4.78 is 1.04. The molecule has 0 saturated carbocycles. The molecule has 0 aliphatic carbocycles. The summed E-state index contributed by atoms with van der Waals surface area (Å²) in [5.41, 5.74) is 6.17. The predicted octanol–water partition coefficient (Wildman–Crippen LogP) is 1.71. The molecule has 6 heteroatoms. The van der Waals surface area contributed by atoms with E-state index < -0.39 is 5.91 Å². The van der Waals surface area contributed by atoms with Crippen LogP contribution in [0.1, 0.15) is 12.5 Å². The number of primary amides is 1. The first-order chi connectivity index (χ1) is 8.97. The van der Waals surface area contributed by atoms with Gasteiger partial charge < -0.3 is 11.1 Å². The van der Waals surface area contributed by atoms with Crippen molar-refractivity contribution in [3.63, 3.8) is 0 Å². The number of benzene rings is 1. The molecule has 1 atom stereocenters. The fraction of sp³-hybridized carbons (Fsp3) is 0.385. The highest BCUT2D eigenvalue weighted by Gasteiger charge is 2.08. The molecule has 0 aliphatic heterocycles. The van der Waals surface area contributed by atoms with Crippen LogP contribution >= 0.6 is 27.7 Å². The fourth-order valence-corrected chi connectivity index (χ4v) is 2.42. The number of hydrogen-bond donors (Lipinski definition) is 2. The number of hydrogen-bond acceptors (Lipinski definition) is 3. The molecule has 1 rings (SSSR count). The molecular weight excluding hydrogens is 328 g/mol. The van der Waals surface area contributed by atoms with Gasteiger partial charge in [0.25, 0.3) is 0 Å². The van der Waals surface area contributed by atoms with Gasteiger partial charge in [0.15, 0.2) is 0 Å². The number of amides is 2. The van der Waals surface area contributed by atoms with Gasteiger partial charge in [-0.05, 0) is 31.0 Å². The Balaban J connectivity index is 2.30. The van der Waals surface area contributed by atoms with E-state index in [2.05, 4.69) is 21.2 Å². The van der Waals surface area contributed by atoms with Crippen molar-refractivity contribution in [3.05, 3.63) is 34.3 Å². The van der Waals surface area contributed by atoms with Gasteiger partial charge in [-0.1, -0.05) is 28.1 Å². The van der Waals surface area contributed by atoms with Crippen LogP contribution in [0.25, 0.3) is 0 Å². The summed E-state index contributed by atoms with van der Waals surface area (Å²) in [6.07, 6.45) is 0.777. The van der Waals surface area contributed by atoms with Crippen LogP contribution in [0, 0.1) is 0 Å². The molecule has 104 valence electrons. The van der Waals surface area contributed by atoms with Gasteiger partial charge in [0.05, 0.1) is 11.5 Å². The molecule has 0 fully saturated rings. The minimum atomic E-state index is -0.402. The molecule has 0 heterocycles. The third kappa shape index (κ3) is 7.22. The van der Waals surface area contributed by atoms with E-state index in [1.807, 2.05) is 31.2 Å². The van der Waals surface area contributed by atoms with E-state index in [0.717, 1.165) is 10.9 Å². The number of carbonyl (C=O) groups excluding carboxylic acids is 2. The van der Waals surface area contributed by atoms with Gasteiger partial charge in [-0.15, -0.1) is 11.8 Å². The summed E-state index contributed by atoms with van der Waals surface area (Å²) in [5.74, 6) is -0.0427. The minimum absolute atomic E-state index is 0.0582. The highest BCUT2D eigenvalue weighted by molar-refractivity contribution is 9.10. The summed E-state index contributed by atoms with van der Waals surface area (Å²) in [6, 6.07) is 8.06. The van der Waals surface area contributed by atoms with Crippen molar-refractivity contribution in [1.82, 2.24) is 5.32 Å². The molecule has 1 unspecified atom stereocenters. The maximum Gasteiger partial charge on any atom is 0.230 e. The molecule has 0 aromatic heterocycles. The molecule has 2 amide bonds. The molecule has 19 heavy (non-hydrogen) atoms. The first-order valence-electron chi connectivity index (χ1n) is 5.87. The molecule has 0 spiro atoms. The molecule has 0 saturated heterocycles. The molecule has 0 radical (unpaired) electrons. The lowest BCUT2D eigenvalue weighted by molar-refractivity contribution is -0.119. The average Bonchev–Trinajstić information content (AvgIpc) is 2.31. The summed E-state index contributed by atoms with van der Waals surface area (Å²) in [4.78, 5) is 22.1. The SMILES string of the molecule is CC(Cc1ccc(Br)cc1)NC(=O)CSCC(N)=O. The molecule has 1 aromatic rings. The van der Waals surface area contributed by atoms with Crippen LogP contribution in [0.15, 0.2) is 28.7 Å². The maximum absolute atomic E-state index is 11.6.